The summed E-state index contributed by atoms with van der Waals surface area (Å²) in [5.41, 5.74) is 0.923. The van der Waals surface area contributed by atoms with Gasteiger partial charge in [-0.25, -0.2) is 0 Å². The average Bonchev–Trinajstić information content (AvgIpc) is 2.85. The fourth-order valence-electron chi connectivity index (χ4n) is 2.29. The Hall–Kier alpha value is -0.770. The van der Waals surface area contributed by atoms with Crippen LogP contribution in [0.1, 0.15) is 18.4 Å². The van der Waals surface area contributed by atoms with E-state index < -0.39 is 0 Å². The Balaban J connectivity index is 1.92. The second-order valence-electron chi connectivity index (χ2n) is 5.05. The Morgan fingerprint density at radius 1 is 1.47 bits per heavy atom. The molecule has 2 rings (SSSR count). The maximum atomic E-state index is 12.1. The normalized spacial score (nSPS) is 18.6. The lowest BCUT2D eigenvalue weighted by Gasteiger charge is -2.20. The van der Waals surface area contributed by atoms with Gasteiger partial charge in [-0.1, -0.05) is 29.3 Å². The molecule has 1 aliphatic heterocycles. The molecule has 0 saturated carbocycles. The largest absolute Gasteiger partial charge is 0.341 e. The summed E-state index contributed by atoms with van der Waals surface area (Å²) in [5, 5.41) is 4.49. The highest BCUT2D eigenvalue weighted by Gasteiger charge is 2.20. The zero-order chi connectivity index (χ0) is 13.8. The zero-order valence-corrected chi connectivity index (χ0v) is 12.5. The van der Waals surface area contributed by atoms with E-state index in [1.165, 1.54) is 0 Å². The third kappa shape index (κ3) is 4.10. The van der Waals surface area contributed by atoms with Gasteiger partial charge in [0.1, 0.15) is 0 Å². The highest BCUT2D eigenvalue weighted by atomic mass is 35.5. The van der Waals surface area contributed by atoms with Gasteiger partial charge in [0.15, 0.2) is 0 Å². The van der Waals surface area contributed by atoms with E-state index in [0.717, 1.165) is 25.1 Å². The molecule has 1 amide bonds. The Labute approximate surface area is 123 Å². The highest BCUT2D eigenvalue weighted by molar-refractivity contribution is 6.35. The van der Waals surface area contributed by atoms with Gasteiger partial charge in [-0.05, 0) is 43.1 Å². The maximum absolute atomic E-state index is 12.1. The van der Waals surface area contributed by atoms with Crippen molar-refractivity contribution in [2.45, 2.75) is 19.4 Å². The summed E-state index contributed by atoms with van der Waals surface area (Å²) in [6, 6.07) is 5.37. The molecule has 1 heterocycles. The van der Waals surface area contributed by atoms with Gasteiger partial charge in [-0.3, -0.25) is 4.79 Å². The van der Waals surface area contributed by atoms with Crippen LogP contribution in [0.5, 0.6) is 0 Å². The van der Waals surface area contributed by atoms with Crippen LogP contribution in [0.15, 0.2) is 18.2 Å². The molecule has 104 valence electrons. The number of carbonyl (C=O) groups excluding carboxylic acids is 1. The zero-order valence-electron chi connectivity index (χ0n) is 11.0. The van der Waals surface area contributed by atoms with E-state index in [1.54, 1.807) is 17.0 Å². The minimum Gasteiger partial charge on any atom is -0.341 e. The third-order valence-corrected chi connectivity index (χ3v) is 4.06. The van der Waals surface area contributed by atoms with E-state index >= 15 is 0 Å². The second kappa shape index (κ2) is 6.60. The number of rotatable bonds is 4. The fourth-order valence-corrected chi connectivity index (χ4v) is 2.75. The van der Waals surface area contributed by atoms with Crippen LogP contribution in [-0.2, 0) is 11.3 Å². The predicted octanol–water partition coefficient (Wildman–Crippen LogP) is 2.95. The smallest absolute Gasteiger partial charge is 0.222 e. The quantitative estimate of drug-likeness (QED) is 0.927. The molecule has 1 unspecified atom stereocenters. The van der Waals surface area contributed by atoms with E-state index in [-0.39, 0.29) is 5.91 Å². The van der Waals surface area contributed by atoms with Crippen molar-refractivity contribution in [3.63, 3.8) is 0 Å². The first-order chi connectivity index (χ1) is 9.06. The SMILES string of the molecule is CN(Cc1ccc(Cl)cc1Cl)C(=O)CC1CCNC1. The van der Waals surface area contributed by atoms with Crippen LogP contribution >= 0.6 is 23.2 Å². The van der Waals surface area contributed by atoms with Gasteiger partial charge in [0.25, 0.3) is 0 Å². The van der Waals surface area contributed by atoms with Gasteiger partial charge in [0.05, 0.1) is 0 Å². The standard InChI is InChI=1S/C14H18Cl2N2O/c1-18(14(19)6-10-4-5-17-8-10)9-11-2-3-12(15)7-13(11)16/h2-3,7,10,17H,4-6,8-9H2,1H3. The molecule has 0 aliphatic carbocycles. The summed E-state index contributed by atoms with van der Waals surface area (Å²) in [4.78, 5) is 13.8. The van der Waals surface area contributed by atoms with Gasteiger partial charge >= 0.3 is 0 Å². The minimum atomic E-state index is 0.166. The number of halogens is 2. The number of nitrogens with one attached hydrogen (secondary N) is 1. The average molecular weight is 301 g/mol. The number of hydrogen-bond donors (Lipinski definition) is 1. The van der Waals surface area contributed by atoms with E-state index in [0.29, 0.717) is 28.9 Å². The molecule has 1 N–H and O–H groups in total. The molecule has 1 saturated heterocycles. The van der Waals surface area contributed by atoms with Crippen LogP contribution in [0, 0.1) is 5.92 Å². The van der Waals surface area contributed by atoms with Crippen molar-refractivity contribution in [2.24, 2.45) is 5.92 Å². The molecule has 0 radical (unpaired) electrons. The summed E-state index contributed by atoms with van der Waals surface area (Å²) < 4.78 is 0. The van der Waals surface area contributed by atoms with Crippen molar-refractivity contribution in [3.8, 4) is 0 Å². The monoisotopic (exact) mass is 300 g/mol. The molecule has 0 spiro atoms. The summed E-state index contributed by atoms with van der Waals surface area (Å²) in [7, 11) is 1.82. The molecule has 3 nitrogen and oxygen atoms in total. The third-order valence-electron chi connectivity index (χ3n) is 3.47. The number of hydrogen-bond acceptors (Lipinski definition) is 2. The maximum Gasteiger partial charge on any atom is 0.222 e. The van der Waals surface area contributed by atoms with Crippen LogP contribution in [0.2, 0.25) is 10.0 Å². The summed E-state index contributed by atoms with van der Waals surface area (Å²) in [6.07, 6.45) is 1.69. The van der Waals surface area contributed by atoms with Gasteiger partial charge < -0.3 is 10.2 Å². The number of benzene rings is 1. The minimum absolute atomic E-state index is 0.166. The summed E-state index contributed by atoms with van der Waals surface area (Å²) in [6.45, 7) is 2.49. The molecular weight excluding hydrogens is 283 g/mol. The Morgan fingerprint density at radius 2 is 2.26 bits per heavy atom. The van der Waals surface area contributed by atoms with E-state index in [2.05, 4.69) is 5.32 Å². The molecule has 1 aliphatic rings. The molecular formula is C14H18Cl2N2O. The van der Waals surface area contributed by atoms with Gasteiger partial charge in [0.2, 0.25) is 5.91 Å². The summed E-state index contributed by atoms with van der Waals surface area (Å²) >= 11 is 12.0. The van der Waals surface area contributed by atoms with Crippen LogP contribution in [0.3, 0.4) is 0 Å². The topological polar surface area (TPSA) is 32.3 Å². The number of carbonyl (C=O) groups is 1. The van der Waals surface area contributed by atoms with E-state index in [1.807, 2.05) is 13.1 Å². The van der Waals surface area contributed by atoms with Gasteiger partial charge in [0, 0.05) is 30.1 Å². The first kappa shape index (κ1) is 14.6. The molecule has 19 heavy (non-hydrogen) atoms. The van der Waals surface area contributed by atoms with Crippen molar-refractivity contribution >= 4 is 29.1 Å². The highest BCUT2D eigenvalue weighted by Crippen LogP contribution is 2.22. The number of nitrogens with zero attached hydrogens (tertiary/aromatic N) is 1. The van der Waals surface area contributed by atoms with Crippen molar-refractivity contribution in [1.29, 1.82) is 0 Å². The lowest BCUT2D eigenvalue weighted by Crippen LogP contribution is -2.28. The van der Waals surface area contributed by atoms with Crippen LogP contribution in [0.4, 0.5) is 0 Å². The van der Waals surface area contributed by atoms with Crippen molar-refractivity contribution < 1.29 is 4.79 Å². The Morgan fingerprint density at radius 3 is 2.89 bits per heavy atom. The fraction of sp³-hybridized carbons (Fsp3) is 0.500. The van der Waals surface area contributed by atoms with E-state index in [9.17, 15) is 4.79 Å². The molecule has 0 aromatic heterocycles. The lowest BCUT2D eigenvalue weighted by molar-refractivity contribution is -0.131. The molecule has 1 atom stereocenters. The van der Waals surface area contributed by atoms with Crippen molar-refractivity contribution in [3.05, 3.63) is 33.8 Å². The molecule has 1 aromatic rings. The first-order valence-electron chi connectivity index (χ1n) is 6.45. The first-order valence-corrected chi connectivity index (χ1v) is 7.20. The van der Waals surface area contributed by atoms with Gasteiger partial charge in [-0.15, -0.1) is 0 Å². The predicted molar refractivity (Wildman–Crippen MR) is 78.5 cm³/mol. The van der Waals surface area contributed by atoms with Crippen LogP contribution < -0.4 is 5.32 Å². The van der Waals surface area contributed by atoms with Crippen molar-refractivity contribution in [2.75, 3.05) is 20.1 Å². The van der Waals surface area contributed by atoms with Crippen LogP contribution in [-0.4, -0.2) is 30.9 Å². The molecule has 5 heteroatoms. The van der Waals surface area contributed by atoms with Crippen LogP contribution in [0.25, 0.3) is 0 Å². The molecule has 1 fully saturated rings. The Bertz CT molecular complexity index is 459. The van der Waals surface area contributed by atoms with E-state index in [4.69, 9.17) is 23.2 Å². The second-order valence-corrected chi connectivity index (χ2v) is 5.89. The summed E-state index contributed by atoms with van der Waals surface area (Å²) in [5.74, 6) is 0.635. The van der Waals surface area contributed by atoms with Crippen molar-refractivity contribution in [1.82, 2.24) is 10.2 Å². The lowest BCUT2D eigenvalue weighted by atomic mass is 10.0. The van der Waals surface area contributed by atoms with Gasteiger partial charge in [-0.2, -0.15) is 0 Å². The number of amides is 1. The Kier molecular flexibility index (Phi) is 5.08. The molecule has 1 aromatic carbocycles. The molecule has 0 bridgehead atoms.